The van der Waals surface area contributed by atoms with Crippen LogP contribution in [0.1, 0.15) is 27.2 Å². The fourth-order valence-corrected chi connectivity index (χ4v) is 1.57. The molecule has 2 atom stereocenters. The minimum absolute atomic E-state index is 0.221. The van der Waals surface area contributed by atoms with Crippen LogP contribution in [0.15, 0.2) is 24.3 Å². The Hall–Kier alpha value is -1.39. The van der Waals surface area contributed by atoms with Crippen LogP contribution in [-0.4, -0.2) is 18.8 Å². The smallest absolute Gasteiger partial charge is 0.422 e. The molecule has 0 bridgehead atoms. The fraction of sp³-hybridized carbons (Fsp3) is 0.571. The van der Waals surface area contributed by atoms with Gasteiger partial charge in [-0.05, 0) is 37.1 Å². The molecule has 19 heavy (non-hydrogen) atoms. The lowest BCUT2D eigenvalue weighted by Gasteiger charge is -2.21. The normalized spacial score (nSPS) is 14.8. The van der Waals surface area contributed by atoms with E-state index in [0.29, 0.717) is 12.0 Å². The summed E-state index contributed by atoms with van der Waals surface area (Å²) >= 11 is 0. The van der Waals surface area contributed by atoms with Crippen molar-refractivity contribution in [2.75, 3.05) is 11.9 Å². The maximum atomic E-state index is 12.0. The average Bonchev–Trinajstić information content (AvgIpc) is 2.36. The van der Waals surface area contributed by atoms with Crippen molar-refractivity contribution in [1.82, 2.24) is 0 Å². The highest BCUT2D eigenvalue weighted by Gasteiger charge is 2.28. The van der Waals surface area contributed by atoms with E-state index in [1.807, 2.05) is 0 Å². The number of hydrogen-bond donors (Lipinski definition) is 1. The number of rotatable bonds is 6. The monoisotopic (exact) mass is 275 g/mol. The van der Waals surface area contributed by atoms with Crippen LogP contribution in [0.5, 0.6) is 5.75 Å². The van der Waals surface area contributed by atoms with Crippen molar-refractivity contribution >= 4 is 5.69 Å². The van der Waals surface area contributed by atoms with Crippen molar-refractivity contribution < 1.29 is 17.9 Å². The van der Waals surface area contributed by atoms with Gasteiger partial charge in [-0.1, -0.05) is 20.3 Å². The Morgan fingerprint density at radius 1 is 1.16 bits per heavy atom. The molecule has 1 rings (SSSR count). The van der Waals surface area contributed by atoms with E-state index in [2.05, 4.69) is 30.8 Å². The van der Waals surface area contributed by atoms with Gasteiger partial charge in [0.05, 0.1) is 0 Å². The molecule has 0 saturated carbocycles. The van der Waals surface area contributed by atoms with Gasteiger partial charge in [0, 0.05) is 11.7 Å². The molecule has 1 aromatic rings. The zero-order chi connectivity index (χ0) is 14.5. The molecule has 0 spiro atoms. The van der Waals surface area contributed by atoms with E-state index in [-0.39, 0.29) is 5.75 Å². The molecule has 0 aliphatic heterocycles. The zero-order valence-corrected chi connectivity index (χ0v) is 11.4. The predicted octanol–water partition coefficient (Wildman–Crippen LogP) is 4.47. The number of anilines is 1. The Morgan fingerprint density at radius 3 is 2.21 bits per heavy atom. The standard InChI is InChI=1S/C14H20F3NO/c1-4-10(2)11(3)18-12-5-7-13(8-6-12)19-9-14(15,16)17/h5-8,10-11,18H,4,9H2,1-3H3. The Labute approximate surface area is 112 Å². The minimum atomic E-state index is -4.30. The highest BCUT2D eigenvalue weighted by atomic mass is 19.4. The van der Waals surface area contributed by atoms with Gasteiger partial charge in [-0.15, -0.1) is 0 Å². The summed E-state index contributed by atoms with van der Waals surface area (Å²) in [6.45, 7) is 5.10. The van der Waals surface area contributed by atoms with Crippen LogP contribution in [0.2, 0.25) is 0 Å². The van der Waals surface area contributed by atoms with E-state index in [0.717, 1.165) is 12.1 Å². The number of hydrogen-bond acceptors (Lipinski definition) is 2. The van der Waals surface area contributed by atoms with Gasteiger partial charge in [-0.25, -0.2) is 0 Å². The van der Waals surface area contributed by atoms with Gasteiger partial charge < -0.3 is 10.1 Å². The molecular weight excluding hydrogens is 255 g/mol. The van der Waals surface area contributed by atoms with Gasteiger partial charge >= 0.3 is 6.18 Å². The van der Waals surface area contributed by atoms with E-state index in [1.54, 1.807) is 12.1 Å². The van der Waals surface area contributed by atoms with E-state index in [4.69, 9.17) is 0 Å². The van der Waals surface area contributed by atoms with Gasteiger partial charge in [-0.3, -0.25) is 0 Å². The van der Waals surface area contributed by atoms with Crippen LogP contribution in [0.25, 0.3) is 0 Å². The highest BCUT2D eigenvalue weighted by Crippen LogP contribution is 2.21. The summed E-state index contributed by atoms with van der Waals surface area (Å²) in [6, 6.07) is 6.84. The second-order valence-corrected chi connectivity index (χ2v) is 4.75. The molecule has 0 saturated heterocycles. The van der Waals surface area contributed by atoms with Gasteiger partial charge in [0.2, 0.25) is 0 Å². The molecule has 0 aliphatic rings. The molecule has 1 N–H and O–H groups in total. The van der Waals surface area contributed by atoms with E-state index in [9.17, 15) is 13.2 Å². The van der Waals surface area contributed by atoms with Gasteiger partial charge in [-0.2, -0.15) is 13.2 Å². The Kier molecular flexibility index (Phi) is 5.51. The first-order valence-electron chi connectivity index (χ1n) is 6.38. The first-order chi connectivity index (χ1) is 8.81. The average molecular weight is 275 g/mol. The SMILES string of the molecule is CCC(C)C(C)Nc1ccc(OCC(F)(F)F)cc1. The second kappa shape index (κ2) is 6.68. The molecule has 108 valence electrons. The number of benzene rings is 1. The van der Waals surface area contributed by atoms with E-state index < -0.39 is 12.8 Å². The van der Waals surface area contributed by atoms with Crippen molar-refractivity contribution in [3.63, 3.8) is 0 Å². The van der Waals surface area contributed by atoms with Crippen LogP contribution in [0, 0.1) is 5.92 Å². The molecule has 0 aromatic heterocycles. The van der Waals surface area contributed by atoms with Crippen LogP contribution < -0.4 is 10.1 Å². The summed E-state index contributed by atoms with van der Waals surface area (Å²) in [5.74, 6) is 0.750. The number of nitrogens with one attached hydrogen (secondary N) is 1. The molecule has 0 fully saturated rings. The van der Waals surface area contributed by atoms with Crippen LogP contribution >= 0.6 is 0 Å². The summed E-state index contributed by atoms with van der Waals surface area (Å²) in [7, 11) is 0. The Balaban J connectivity index is 2.52. The van der Waals surface area contributed by atoms with Crippen molar-refractivity contribution in [3.05, 3.63) is 24.3 Å². The molecule has 0 radical (unpaired) electrons. The third-order valence-corrected chi connectivity index (χ3v) is 3.15. The Morgan fingerprint density at radius 2 is 1.74 bits per heavy atom. The minimum Gasteiger partial charge on any atom is -0.484 e. The number of alkyl halides is 3. The lowest BCUT2D eigenvalue weighted by atomic mass is 10.0. The summed E-state index contributed by atoms with van der Waals surface area (Å²) in [5, 5.41) is 3.31. The second-order valence-electron chi connectivity index (χ2n) is 4.75. The Bertz CT molecular complexity index is 375. The van der Waals surface area contributed by atoms with Crippen molar-refractivity contribution in [3.8, 4) is 5.75 Å². The third kappa shape index (κ3) is 5.85. The summed E-state index contributed by atoms with van der Waals surface area (Å²) < 4.78 is 40.6. The third-order valence-electron chi connectivity index (χ3n) is 3.15. The largest absolute Gasteiger partial charge is 0.484 e. The first-order valence-corrected chi connectivity index (χ1v) is 6.38. The maximum absolute atomic E-state index is 12.0. The first kappa shape index (κ1) is 15.7. The number of ether oxygens (including phenoxy) is 1. The van der Waals surface area contributed by atoms with Gasteiger partial charge in [0.1, 0.15) is 5.75 Å². The predicted molar refractivity (Wildman–Crippen MR) is 70.5 cm³/mol. The molecule has 5 heteroatoms. The zero-order valence-electron chi connectivity index (χ0n) is 11.4. The summed E-state index contributed by atoms with van der Waals surface area (Å²) in [6.07, 6.45) is -3.23. The number of halogens is 3. The lowest BCUT2D eigenvalue weighted by molar-refractivity contribution is -0.153. The van der Waals surface area contributed by atoms with Gasteiger partial charge in [0.15, 0.2) is 6.61 Å². The van der Waals surface area contributed by atoms with Crippen molar-refractivity contribution in [2.45, 2.75) is 39.4 Å². The molecule has 0 amide bonds. The summed E-state index contributed by atoms with van der Waals surface area (Å²) in [5.41, 5.74) is 0.882. The fourth-order valence-electron chi connectivity index (χ4n) is 1.57. The van der Waals surface area contributed by atoms with Gasteiger partial charge in [0.25, 0.3) is 0 Å². The van der Waals surface area contributed by atoms with Crippen LogP contribution in [-0.2, 0) is 0 Å². The molecule has 2 nitrogen and oxygen atoms in total. The summed E-state index contributed by atoms with van der Waals surface area (Å²) in [4.78, 5) is 0. The van der Waals surface area contributed by atoms with E-state index >= 15 is 0 Å². The topological polar surface area (TPSA) is 21.3 Å². The van der Waals surface area contributed by atoms with Crippen molar-refractivity contribution in [2.24, 2.45) is 5.92 Å². The maximum Gasteiger partial charge on any atom is 0.422 e. The van der Waals surface area contributed by atoms with Crippen molar-refractivity contribution in [1.29, 1.82) is 0 Å². The van der Waals surface area contributed by atoms with E-state index in [1.165, 1.54) is 12.1 Å². The van der Waals surface area contributed by atoms with Crippen LogP contribution in [0.4, 0.5) is 18.9 Å². The molecular formula is C14H20F3NO. The quantitative estimate of drug-likeness (QED) is 0.826. The lowest BCUT2D eigenvalue weighted by Crippen LogP contribution is -2.23. The molecule has 0 heterocycles. The highest BCUT2D eigenvalue weighted by molar-refractivity contribution is 5.47. The molecule has 0 aliphatic carbocycles. The molecule has 2 unspecified atom stereocenters. The molecule has 1 aromatic carbocycles. The van der Waals surface area contributed by atoms with Crippen LogP contribution in [0.3, 0.4) is 0 Å².